The maximum absolute atomic E-state index is 2.63. The molecule has 67 heavy (non-hydrogen) atoms. The molecule has 0 amide bonds. The van der Waals surface area contributed by atoms with Crippen molar-refractivity contribution >= 4 is 17.1 Å². The van der Waals surface area contributed by atoms with Gasteiger partial charge in [0, 0.05) is 16.9 Å². The summed E-state index contributed by atoms with van der Waals surface area (Å²) in [6.07, 6.45) is 4.63. The van der Waals surface area contributed by atoms with Crippen molar-refractivity contribution < 1.29 is 0 Å². The summed E-state index contributed by atoms with van der Waals surface area (Å²) in [5.41, 5.74) is 23.3. The number of rotatable bonds is 7. The summed E-state index contributed by atoms with van der Waals surface area (Å²) < 4.78 is 0. The molecule has 334 valence electrons. The summed E-state index contributed by atoms with van der Waals surface area (Å²) in [5, 5.41) is 0. The molecule has 0 N–H and O–H groups in total. The Morgan fingerprint density at radius 3 is 1.51 bits per heavy atom. The molecule has 1 heteroatoms. The molecule has 0 atom stereocenters. The lowest BCUT2D eigenvalue weighted by atomic mass is 9.61. The van der Waals surface area contributed by atoms with E-state index in [1.807, 2.05) is 0 Å². The van der Waals surface area contributed by atoms with Crippen molar-refractivity contribution in [2.75, 3.05) is 4.90 Å². The van der Waals surface area contributed by atoms with Gasteiger partial charge in [-0.25, -0.2) is 0 Å². The van der Waals surface area contributed by atoms with Gasteiger partial charge in [0.2, 0.25) is 0 Å². The average Bonchev–Trinajstić information content (AvgIpc) is 3.63. The molecule has 3 aliphatic carbocycles. The zero-order chi connectivity index (χ0) is 46.5. The van der Waals surface area contributed by atoms with Gasteiger partial charge in [-0.2, -0.15) is 0 Å². The van der Waals surface area contributed by atoms with E-state index in [0.717, 1.165) is 24.9 Å². The topological polar surface area (TPSA) is 3.24 Å². The lowest BCUT2D eigenvalue weighted by Crippen LogP contribution is -2.35. The Kier molecular flexibility index (Phi) is 10.0. The van der Waals surface area contributed by atoms with Crippen LogP contribution >= 0.6 is 0 Å². The fraction of sp³-hybridized carbons (Fsp3) is 0.273. The van der Waals surface area contributed by atoms with Gasteiger partial charge in [0.05, 0.1) is 11.1 Å². The number of nitrogens with zero attached hydrogens (tertiary/aromatic N) is 1. The van der Waals surface area contributed by atoms with E-state index in [4.69, 9.17) is 0 Å². The lowest BCUT2D eigenvalue weighted by Gasteiger charge is -2.44. The Hall–Kier alpha value is -6.44. The first-order valence-corrected chi connectivity index (χ1v) is 24.8. The summed E-state index contributed by atoms with van der Waals surface area (Å²) in [6.45, 7) is 22.1. The standard InChI is InChI=1S/C66H65N/c1-44-29-35-56-61(65(8,9)40-39-63(56,4)5)60(44)53-42-52-51-27-19-20-28-54(51)66(47-23-15-11-16-24-47,48-25-17-12-18-26-48)57(52)43-59(53)67(49-32-30-46(31-33-49)45-21-13-10-14-22-45)50-34-36-55-58(41-50)64(6,7)38-37-62(55,2)3/h10-36,41-43H,37-40H2,1-9H3. The van der Waals surface area contributed by atoms with Crippen LogP contribution < -0.4 is 4.90 Å². The molecule has 0 aromatic heterocycles. The summed E-state index contributed by atoms with van der Waals surface area (Å²) in [4.78, 5) is 2.63. The highest BCUT2D eigenvalue weighted by Gasteiger charge is 2.48. The lowest BCUT2D eigenvalue weighted by molar-refractivity contribution is 0.332. The average molecular weight is 872 g/mol. The number of aryl methyl sites for hydroxylation is 1. The van der Waals surface area contributed by atoms with E-state index in [2.05, 4.69) is 249 Å². The summed E-state index contributed by atoms with van der Waals surface area (Å²) in [6, 6.07) is 69.6. The minimum Gasteiger partial charge on any atom is -0.310 e. The molecular formula is C66H65N. The molecule has 1 nitrogen and oxygen atoms in total. The van der Waals surface area contributed by atoms with Crippen LogP contribution in [0.1, 0.15) is 131 Å². The Balaban J connectivity index is 1.30. The van der Waals surface area contributed by atoms with E-state index < -0.39 is 5.41 Å². The minimum atomic E-state index is -0.557. The first-order valence-electron chi connectivity index (χ1n) is 24.8. The van der Waals surface area contributed by atoms with Crippen molar-refractivity contribution in [1.29, 1.82) is 0 Å². The Morgan fingerprint density at radius 1 is 0.358 bits per heavy atom. The Morgan fingerprint density at radius 2 is 0.866 bits per heavy atom. The van der Waals surface area contributed by atoms with Gasteiger partial charge in [-0.1, -0.05) is 201 Å². The number of hydrogen-bond donors (Lipinski definition) is 0. The Bertz CT molecular complexity index is 3130. The molecule has 0 heterocycles. The van der Waals surface area contributed by atoms with Gasteiger partial charge >= 0.3 is 0 Å². The van der Waals surface area contributed by atoms with Crippen molar-refractivity contribution in [3.63, 3.8) is 0 Å². The molecule has 0 bridgehead atoms. The summed E-state index contributed by atoms with van der Waals surface area (Å²) in [5.74, 6) is 0. The number of hydrogen-bond acceptors (Lipinski definition) is 1. The van der Waals surface area contributed by atoms with Crippen LogP contribution in [0.3, 0.4) is 0 Å². The van der Waals surface area contributed by atoms with Crippen LogP contribution in [0.5, 0.6) is 0 Å². The first kappa shape index (κ1) is 43.1. The van der Waals surface area contributed by atoms with Crippen LogP contribution in [0.4, 0.5) is 17.1 Å². The molecular weight excluding hydrogens is 807 g/mol. The van der Waals surface area contributed by atoms with Crippen molar-refractivity contribution in [2.45, 2.75) is 115 Å². The second-order valence-electron chi connectivity index (χ2n) is 22.6. The first-order chi connectivity index (χ1) is 32.1. The van der Waals surface area contributed by atoms with Crippen molar-refractivity contribution in [2.24, 2.45) is 0 Å². The highest BCUT2D eigenvalue weighted by atomic mass is 15.1. The summed E-state index contributed by atoms with van der Waals surface area (Å²) in [7, 11) is 0. The second kappa shape index (κ2) is 15.6. The normalized spacial score (nSPS) is 17.7. The quantitative estimate of drug-likeness (QED) is 0.154. The molecule has 0 aliphatic heterocycles. The molecule has 8 aromatic rings. The summed E-state index contributed by atoms with van der Waals surface area (Å²) >= 11 is 0. The van der Waals surface area contributed by atoms with Crippen LogP contribution in [0, 0.1) is 6.92 Å². The molecule has 11 rings (SSSR count). The third kappa shape index (κ3) is 6.78. The molecule has 3 aliphatic rings. The fourth-order valence-electron chi connectivity index (χ4n) is 12.6. The van der Waals surface area contributed by atoms with Gasteiger partial charge in [-0.05, 0) is 169 Å². The van der Waals surface area contributed by atoms with Gasteiger partial charge in [0.15, 0.2) is 0 Å². The number of fused-ring (bicyclic) bond motifs is 5. The van der Waals surface area contributed by atoms with Crippen LogP contribution in [-0.2, 0) is 27.1 Å². The Labute approximate surface area is 400 Å². The van der Waals surface area contributed by atoms with Gasteiger partial charge in [0.1, 0.15) is 0 Å². The number of anilines is 3. The van der Waals surface area contributed by atoms with E-state index in [1.165, 1.54) is 101 Å². The monoisotopic (exact) mass is 872 g/mol. The highest BCUT2D eigenvalue weighted by molar-refractivity contribution is 5.98. The molecule has 0 saturated heterocycles. The maximum atomic E-state index is 2.63. The van der Waals surface area contributed by atoms with E-state index in [0.29, 0.717) is 0 Å². The van der Waals surface area contributed by atoms with Gasteiger partial charge in [-0.15, -0.1) is 0 Å². The molecule has 0 spiro atoms. The second-order valence-corrected chi connectivity index (χ2v) is 22.6. The smallest absolute Gasteiger partial charge is 0.0714 e. The third-order valence-corrected chi connectivity index (χ3v) is 16.6. The molecule has 0 fully saturated rings. The largest absolute Gasteiger partial charge is 0.310 e. The van der Waals surface area contributed by atoms with E-state index in [9.17, 15) is 0 Å². The van der Waals surface area contributed by atoms with Crippen LogP contribution in [0.2, 0.25) is 0 Å². The zero-order valence-electron chi connectivity index (χ0n) is 41.1. The number of benzene rings is 8. The molecule has 0 unspecified atom stereocenters. The SMILES string of the molecule is Cc1ccc2c(c1-c1cc3c(cc1N(c1ccc(-c4ccccc4)cc1)c1ccc4c(c1)C(C)(C)CCC4(C)C)C(c1ccccc1)(c1ccccc1)c1ccccc1-3)C(C)(C)CCC2(C)C. The molecule has 0 saturated carbocycles. The molecule has 0 radical (unpaired) electrons. The van der Waals surface area contributed by atoms with E-state index in [1.54, 1.807) is 0 Å². The van der Waals surface area contributed by atoms with Crippen LogP contribution in [-0.4, -0.2) is 0 Å². The molecule has 8 aromatic carbocycles. The fourth-order valence-corrected chi connectivity index (χ4v) is 12.6. The van der Waals surface area contributed by atoms with Crippen molar-refractivity contribution in [3.05, 3.63) is 232 Å². The van der Waals surface area contributed by atoms with E-state index in [-0.39, 0.29) is 21.7 Å². The zero-order valence-corrected chi connectivity index (χ0v) is 41.1. The van der Waals surface area contributed by atoms with Crippen LogP contribution in [0.25, 0.3) is 33.4 Å². The van der Waals surface area contributed by atoms with Gasteiger partial charge < -0.3 is 4.90 Å². The van der Waals surface area contributed by atoms with Crippen molar-refractivity contribution in [3.8, 4) is 33.4 Å². The highest BCUT2D eigenvalue weighted by Crippen LogP contribution is 2.61. The minimum absolute atomic E-state index is 0.0260. The van der Waals surface area contributed by atoms with Gasteiger partial charge in [0.25, 0.3) is 0 Å². The van der Waals surface area contributed by atoms with Crippen LogP contribution in [0.15, 0.2) is 182 Å². The third-order valence-electron chi connectivity index (χ3n) is 16.6. The predicted molar refractivity (Wildman–Crippen MR) is 285 cm³/mol. The predicted octanol–water partition coefficient (Wildman–Crippen LogP) is 17.9. The van der Waals surface area contributed by atoms with Crippen molar-refractivity contribution in [1.82, 2.24) is 0 Å². The van der Waals surface area contributed by atoms with Gasteiger partial charge in [-0.3, -0.25) is 0 Å². The van der Waals surface area contributed by atoms with E-state index >= 15 is 0 Å². The maximum Gasteiger partial charge on any atom is 0.0714 e.